The minimum Gasteiger partial charge on any atom is -0.319 e. The molecule has 2 aromatic carbocycles. The van der Waals surface area contributed by atoms with Gasteiger partial charge in [0.15, 0.2) is 15.6 Å². The van der Waals surface area contributed by atoms with Crippen LogP contribution in [0.25, 0.3) is 0 Å². The lowest BCUT2D eigenvalue weighted by Crippen LogP contribution is -2.18. The molecule has 3 rings (SSSR count). The van der Waals surface area contributed by atoms with E-state index in [4.69, 9.17) is 0 Å². The van der Waals surface area contributed by atoms with Crippen molar-refractivity contribution in [2.24, 2.45) is 7.05 Å². The van der Waals surface area contributed by atoms with Crippen LogP contribution in [-0.2, 0) is 22.3 Å². The molecule has 1 heterocycles. The van der Waals surface area contributed by atoms with E-state index in [1.807, 2.05) is 20.8 Å². The highest BCUT2D eigenvalue weighted by Gasteiger charge is 2.24. The first kappa shape index (κ1) is 22.4. The van der Waals surface area contributed by atoms with E-state index in [1.165, 1.54) is 22.9 Å². The van der Waals surface area contributed by atoms with Crippen LogP contribution in [0.15, 0.2) is 59.5 Å². The Kier molecular flexibility index (Phi) is 5.87. The highest BCUT2D eigenvalue weighted by Crippen LogP contribution is 2.26. The van der Waals surface area contributed by atoms with E-state index in [-0.39, 0.29) is 33.0 Å². The maximum absolute atomic E-state index is 13.0. The maximum atomic E-state index is 13.0. The van der Waals surface area contributed by atoms with Gasteiger partial charge in [-0.3, -0.25) is 14.3 Å². The molecular formula is C23H25N3O4S. The van der Waals surface area contributed by atoms with Gasteiger partial charge >= 0.3 is 0 Å². The van der Waals surface area contributed by atoms with E-state index in [0.717, 1.165) is 11.9 Å². The summed E-state index contributed by atoms with van der Waals surface area (Å²) in [7, 11) is -2.00. The standard InChI is InChI=1S/C23H25N3O4S/c1-23(2,3)20-14-18(26(4)25-20)22(28)24-17-13-16(11-12-19(17)31(5,29)30)21(27)15-9-7-6-8-10-15/h6-14H,1-5H3,(H,24,28). The fraction of sp³-hybridized carbons (Fsp3) is 0.261. The number of rotatable bonds is 5. The summed E-state index contributed by atoms with van der Waals surface area (Å²) >= 11 is 0. The average molecular weight is 440 g/mol. The van der Waals surface area contributed by atoms with Gasteiger partial charge < -0.3 is 5.32 Å². The van der Waals surface area contributed by atoms with Gasteiger partial charge in [-0.15, -0.1) is 0 Å². The largest absolute Gasteiger partial charge is 0.319 e. The third kappa shape index (κ3) is 4.91. The molecule has 0 aliphatic rings. The highest BCUT2D eigenvalue weighted by atomic mass is 32.2. The number of aromatic nitrogens is 2. The third-order valence-electron chi connectivity index (χ3n) is 4.81. The van der Waals surface area contributed by atoms with Crippen molar-refractivity contribution in [3.63, 3.8) is 0 Å². The minimum atomic E-state index is -3.64. The van der Waals surface area contributed by atoms with Gasteiger partial charge in [0.25, 0.3) is 5.91 Å². The summed E-state index contributed by atoms with van der Waals surface area (Å²) in [5.74, 6) is -0.786. The minimum absolute atomic E-state index is 0.0489. The molecule has 0 fully saturated rings. The Labute approximate surface area is 182 Å². The van der Waals surface area contributed by atoms with Gasteiger partial charge in [0.05, 0.1) is 16.3 Å². The van der Waals surface area contributed by atoms with Crippen molar-refractivity contribution in [1.82, 2.24) is 9.78 Å². The van der Waals surface area contributed by atoms with Crippen LogP contribution in [0.2, 0.25) is 0 Å². The monoisotopic (exact) mass is 439 g/mol. The van der Waals surface area contributed by atoms with Crippen molar-refractivity contribution in [1.29, 1.82) is 0 Å². The van der Waals surface area contributed by atoms with E-state index < -0.39 is 15.7 Å². The number of hydrogen-bond acceptors (Lipinski definition) is 5. The fourth-order valence-corrected chi connectivity index (χ4v) is 3.91. The van der Waals surface area contributed by atoms with Crippen LogP contribution >= 0.6 is 0 Å². The molecule has 0 unspecified atom stereocenters. The van der Waals surface area contributed by atoms with Crippen LogP contribution in [0.4, 0.5) is 5.69 Å². The number of amides is 1. The fourth-order valence-electron chi connectivity index (χ4n) is 3.08. The molecule has 0 bridgehead atoms. The summed E-state index contributed by atoms with van der Waals surface area (Å²) in [6.45, 7) is 5.95. The number of carbonyl (C=O) groups excluding carboxylic acids is 2. The number of ketones is 1. The summed E-state index contributed by atoms with van der Waals surface area (Å²) in [4.78, 5) is 25.7. The van der Waals surface area contributed by atoms with Crippen LogP contribution in [0, 0.1) is 0 Å². The van der Waals surface area contributed by atoms with Crippen LogP contribution in [-0.4, -0.2) is 36.1 Å². The SMILES string of the molecule is Cn1nc(C(C)(C)C)cc1C(=O)Nc1cc(C(=O)c2ccccc2)ccc1S(C)(=O)=O. The Bertz CT molecular complexity index is 1250. The summed E-state index contributed by atoms with van der Waals surface area (Å²) < 4.78 is 26.0. The Morgan fingerprint density at radius 2 is 1.61 bits per heavy atom. The van der Waals surface area contributed by atoms with Crippen molar-refractivity contribution < 1.29 is 18.0 Å². The van der Waals surface area contributed by atoms with Crippen LogP contribution in [0.1, 0.15) is 52.9 Å². The first-order valence-corrected chi connectivity index (χ1v) is 11.6. The Morgan fingerprint density at radius 3 is 2.16 bits per heavy atom. The predicted octanol–water partition coefficient (Wildman–Crippen LogP) is 3.60. The van der Waals surface area contributed by atoms with Crippen molar-refractivity contribution in [2.75, 3.05) is 11.6 Å². The second kappa shape index (κ2) is 8.11. The van der Waals surface area contributed by atoms with Gasteiger partial charge in [0, 0.05) is 29.8 Å². The molecule has 8 heteroatoms. The zero-order valence-corrected chi connectivity index (χ0v) is 18.9. The quantitative estimate of drug-likeness (QED) is 0.613. The van der Waals surface area contributed by atoms with E-state index in [9.17, 15) is 18.0 Å². The topological polar surface area (TPSA) is 98.1 Å². The lowest BCUT2D eigenvalue weighted by molar-refractivity contribution is 0.101. The second-order valence-corrected chi connectivity index (χ2v) is 10.4. The normalized spacial score (nSPS) is 11.9. The zero-order valence-electron chi connectivity index (χ0n) is 18.1. The van der Waals surface area contributed by atoms with Crippen molar-refractivity contribution in [3.8, 4) is 0 Å². The van der Waals surface area contributed by atoms with Crippen molar-refractivity contribution >= 4 is 27.2 Å². The first-order chi connectivity index (χ1) is 14.4. The molecule has 1 aromatic heterocycles. The number of aryl methyl sites for hydroxylation is 1. The molecule has 0 saturated heterocycles. The number of sulfone groups is 1. The average Bonchev–Trinajstić information content (AvgIpc) is 3.09. The van der Waals surface area contributed by atoms with Crippen molar-refractivity contribution in [2.45, 2.75) is 31.1 Å². The Hall–Kier alpha value is -3.26. The molecule has 0 radical (unpaired) electrons. The predicted molar refractivity (Wildman–Crippen MR) is 119 cm³/mol. The number of anilines is 1. The molecular weight excluding hydrogens is 414 g/mol. The van der Waals surface area contributed by atoms with Gasteiger partial charge in [-0.25, -0.2) is 8.42 Å². The molecule has 0 aliphatic heterocycles. The maximum Gasteiger partial charge on any atom is 0.273 e. The number of carbonyl (C=O) groups is 2. The summed E-state index contributed by atoms with van der Waals surface area (Å²) in [6.07, 6.45) is 1.05. The molecule has 0 aliphatic carbocycles. The van der Waals surface area contributed by atoms with Gasteiger partial charge in [0.1, 0.15) is 5.69 Å². The zero-order chi connectivity index (χ0) is 23.0. The van der Waals surface area contributed by atoms with Gasteiger partial charge in [0.2, 0.25) is 0 Å². The van der Waals surface area contributed by atoms with E-state index in [0.29, 0.717) is 5.56 Å². The first-order valence-electron chi connectivity index (χ1n) is 9.67. The lowest BCUT2D eigenvalue weighted by atomic mass is 9.92. The van der Waals surface area contributed by atoms with Crippen LogP contribution < -0.4 is 5.32 Å². The van der Waals surface area contributed by atoms with Gasteiger partial charge in [-0.2, -0.15) is 5.10 Å². The molecule has 0 atom stereocenters. The smallest absolute Gasteiger partial charge is 0.273 e. The van der Waals surface area contributed by atoms with Gasteiger partial charge in [-0.1, -0.05) is 51.1 Å². The number of nitrogens with zero attached hydrogens (tertiary/aromatic N) is 2. The second-order valence-electron chi connectivity index (χ2n) is 8.42. The van der Waals surface area contributed by atoms with Gasteiger partial charge in [-0.05, 0) is 24.3 Å². The van der Waals surface area contributed by atoms with Crippen molar-refractivity contribution in [3.05, 3.63) is 77.1 Å². The molecule has 0 spiro atoms. The molecule has 7 nitrogen and oxygen atoms in total. The number of benzene rings is 2. The molecule has 3 aromatic rings. The highest BCUT2D eigenvalue weighted by molar-refractivity contribution is 7.90. The Balaban J connectivity index is 2.02. The number of hydrogen-bond donors (Lipinski definition) is 1. The van der Waals surface area contributed by atoms with E-state index in [1.54, 1.807) is 43.4 Å². The van der Waals surface area contributed by atoms with Crippen LogP contribution in [0.3, 0.4) is 0 Å². The summed E-state index contributed by atoms with van der Waals surface area (Å²) in [5.41, 5.74) is 1.55. The molecule has 1 N–H and O–H groups in total. The van der Waals surface area contributed by atoms with E-state index in [2.05, 4.69) is 10.4 Å². The third-order valence-corrected chi connectivity index (χ3v) is 5.96. The summed E-state index contributed by atoms with van der Waals surface area (Å²) in [6, 6.07) is 14.5. The molecule has 1 amide bonds. The molecule has 31 heavy (non-hydrogen) atoms. The van der Waals surface area contributed by atoms with E-state index >= 15 is 0 Å². The molecule has 162 valence electrons. The Morgan fingerprint density at radius 1 is 0.968 bits per heavy atom. The number of nitrogens with one attached hydrogen (secondary N) is 1. The lowest BCUT2D eigenvalue weighted by Gasteiger charge is -2.13. The summed E-state index contributed by atoms with van der Waals surface area (Å²) in [5, 5.41) is 7.04. The molecule has 0 saturated carbocycles. The van der Waals surface area contributed by atoms with Crippen LogP contribution in [0.5, 0.6) is 0 Å².